The molecule has 0 unspecified atom stereocenters. The molecule has 1 atom stereocenters. The van der Waals surface area contributed by atoms with Gasteiger partial charge < -0.3 is 15.0 Å². The highest BCUT2D eigenvalue weighted by molar-refractivity contribution is 5.99. The van der Waals surface area contributed by atoms with Gasteiger partial charge in [-0.2, -0.15) is 13.2 Å². The standard InChI is InChI=1S/C18H21F3N2O4/c1-11(2)8-22-15(24)10-27-17(26)12-6-16(25)23(9-12)14-5-3-4-13(7-14)18(19,20)21/h3-5,7,11-12H,6,8-10H2,1-2H3,(H,22,24)/t12-/m0/s1. The Kier molecular flexibility index (Phi) is 6.45. The number of anilines is 1. The van der Waals surface area contributed by atoms with Crippen molar-refractivity contribution in [3.8, 4) is 0 Å². The number of amides is 2. The first kappa shape index (κ1) is 20.7. The summed E-state index contributed by atoms with van der Waals surface area (Å²) >= 11 is 0. The number of rotatable bonds is 6. The predicted molar refractivity (Wildman–Crippen MR) is 90.7 cm³/mol. The van der Waals surface area contributed by atoms with Crippen molar-refractivity contribution in [1.82, 2.24) is 5.32 Å². The summed E-state index contributed by atoms with van der Waals surface area (Å²) < 4.78 is 43.4. The summed E-state index contributed by atoms with van der Waals surface area (Å²) in [5, 5.41) is 2.59. The minimum Gasteiger partial charge on any atom is -0.455 e. The van der Waals surface area contributed by atoms with Crippen LogP contribution in [0.1, 0.15) is 25.8 Å². The molecule has 0 bridgehead atoms. The van der Waals surface area contributed by atoms with E-state index in [0.29, 0.717) is 6.54 Å². The second-order valence-corrected chi connectivity index (χ2v) is 6.76. The van der Waals surface area contributed by atoms with Gasteiger partial charge in [0.15, 0.2) is 6.61 Å². The second kappa shape index (κ2) is 8.41. The maximum absolute atomic E-state index is 12.8. The van der Waals surface area contributed by atoms with E-state index in [0.717, 1.165) is 17.0 Å². The van der Waals surface area contributed by atoms with Gasteiger partial charge in [-0.3, -0.25) is 14.4 Å². The van der Waals surface area contributed by atoms with Gasteiger partial charge in [0.2, 0.25) is 5.91 Å². The number of alkyl halides is 3. The fraction of sp³-hybridized carbons (Fsp3) is 0.500. The SMILES string of the molecule is CC(C)CNC(=O)COC(=O)[C@H]1CC(=O)N(c2cccc(C(F)(F)F)c2)C1. The topological polar surface area (TPSA) is 75.7 Å². The van der Waals surface area contributed by atoms with Gasteiger partial charge in [-0.05, 0) is 24.1 Å². The Hall–Kier alpha value is -2.58. The quantitative estimate of drug-likeness (QED) is 0.762. The van der Waals surface area contributed by atoms with E-state index in [1.54, 1.807) is 0 Å². The third-order valence-corrected chi connectivity index (χ3v) is 4.00. The molecule has 148 valence electrons. The number of ether oxygens (including phenoxy) is 1. The van der Waals surface area contributed by atoms with Crippen LogP contribution in [0.2, 0.25) is 0 Å². The highest BCUT2D eigenvalue weighted by atomic mass is 19.4. The van der Waals surface area contributed by atoms with E-state index < -0.39 is 42.0 Å². The van der Waals surface area contributed by atoms with E-state index in [2.05, 4.69) is 5.32 Å². The lowest BCUT2D eigenvalue weighted by molar-refractivity contribution is -0.152. The fourth-order valence-corrected chi connectivity index (χ4v) is 2.59. The number of hydrogen-bond donors (Lipinski definition) is 1. The zero-order valence-corrected chi connectivity index (χ0v) is 15.0. The molecule has 1 saturated heterocycles. The molecule has 1 fully saturated rings. The van der Waals surface area contributed by atoms with Crippen LogP contribution in [-0.4, -0.2) is 37.5 Å². The monoisotopic (exact) mass is 386 g/mol. The molecule has 27 heavy (non-hydrogen) atoms. The van der Waals surface area contributed by atoms with Crippen LogP contribution >= 0.6 is 0 Å². The molecular weight excluding hydrogens is 365 g/mol. The van der Waals surface area contributed by atoms with Gasteiger partial charge >= 0.3 is 12.1 Å². The zero-order valence-electron chi connectivity index (χ0n) is 15.0. The van der Waals surface area contributed by atoms with E-state index in [1.807, 2.05) is 13.8 Å². The van der Waals surface area contributed by atoms with E-state index in [1.165, 1.54) is 12.1 Å². The van der Waals surface area contributed by atoms with Gasteiger partial charge in [0.25, 0.3) is 5.91 Å². The van der Waals surface area contributed by atoms with Crippen LogP contribution in [0.5, 0.6) is 0 Å². The molecule has 9 heteroatoms. The summed E-state index contributed by atoms with van der Waals surface area (Å²) in [6.45, 7) is 3.73. The molecule has 2 rings (SSSR count). The molecule has 0 spiro atoms. The van der Waals surface area contributed by atoms with Gasteiger partial charge in [0.05, 0.1) is 11.5 Å². The van der Waals surface area contributed by atoms with Gasteiger partial charge in [0.1, 0.15) is 0 Å². The normalized spacial score (nSPS) is 17.3. The number of halogens is 3. The highest BCUT2D eigenvalue weighted by Crippen LogP contribution is 2.33. The summed E-state index contributed by atoms with van der Waals surface area (Å²) in [5.41, 5.74) is -0.805. The first-order chi connectivity index (χ1) is 12.6. The van der Waals surface area contributed by atoms with Crippen LogP contribution in [0, 0.1) is 11.8 Å². The molecule has 0 radical (unpaired) electrons. The maximum atomic E-state index is 12.8. The summed E-state index contributed by atoms with van der Waals surface area (Å²) in [5.74, 6) is -2.22. The Labute approximate surface area is 154 Å². The Bertz CT molecular complexity index is 719. The molecule has 1 aromatic rings. The Morgan fingerprint density at radius 3 is 2.67 bits per heavy atom. The molecule has 1 aromatic carbocycles. The van der Waals surface area contributed by atoms with E-state index >= 15 is 0 Å². The minimum absolute atomic E-state index is 0.0693. The van der Waals surface area contributed by atoms with Crippen molar-refractivity contribution < 1.29 is 32.3 Å². The molecule has 0 saturated carbocycles. The Balaban J connectivity index is 1.95. The van der Waals surface area contributed by atoms with Gasteiger partial charge in [0, 0.05) is 25.2 Å². The number of hydrogen-bond acceptors (Lipinski definition) is 4. The van der Waals surface area contributed by atoms with Crippen LogP contribution in [0.15, 0.2) is 24.3 Å². The number of benzene rings is 1. The van der Waals surface area contributed by atoms with E-state index in [4.69, 9.17) is 4.74 Å². The molecule has 0 aromatic heterocycles. The van der Waals surface area contributed by atoms with Gasteiger partial charge in [-0.25, -0.2) is 0 Å². The minimum atomic E-state index is -4.53. The molecule has 2 amide bonds. The third-order valence-electron chi connectivity index (χ3n) is 4.00. The highest BCUT2D eigenvalue weighted by Gasteiger charge is 2.37. The van der Waals surface area contributed by atoms with E-state index in [9.17, 15) is 27.6 Å². The average Bonchev–Trinajstić information content (AvgIpc) is 2.99. The maximum Gasteiger partial charge on any atom is 0.416 e. The van der Waals surface area contributed by atoms with E-state index in [-0.39, 0.29) is 24.6 Å². The zero-order chi connectivity index (χ0) is 20.2. The van der Waals surface area contributed by atoms with Crippen molar-refractivity contribution in [3.05, 3.63) is 29.8 Å². The number of carbonyl (C=O) groups is 3. The molecule has 0 aliphatic carbocycles. The predicted octanol–water partition coefficient (Wildman–Crippen LogP) is 2.37. The average molecular weight is 386 g/mol. The second-order valence-electron chi connectivity index (χ2n) is 6.76. The first-order valence-corrected chi connectivity index (χ1v) is 8.49. The molecule has 1 aliphatic heterocycles. The van der Waals surface area contributed by atoms with Crippen LogP contribution < -0.4 is 10.2 Å². The summed E-state index contributed by atoms with van der Waals surface area (Å²) in [6, 6.07) is 4.35. The largest absolute Gasteiger partial charge is 0.455 e. The van der Waals surface area contributed by atoms with Crippen molar-refractivity contribution >= 4 is 23.5 Å². The Morgan fingerprint density at radius 2 is 2.04 bits per heavy atom. The summed E-state index contributed by atoms with van der Waals surface area (Å²) in [7, 11) is 0. The fourth-order valence-electron chi connectivity index (χ4n) is 2.59. The van der Waals surface area contributed by atoms with Crippen molar-refractivity contribution in [2.75, 3.05) is 24.6 Å². The number of carbonyl (C=O) groups excluding carboxylic acids is 3. The van der Waals surface area contributed by atoms with Crippen molar-refractivity contribution in [1.29, 1.82) is 0 Å². The molecule has 1 N–H and O–H groups in total. The van der Waals surface area contributed by atoms with Crippen molar-refractivity contribution in [2.45, 2.75) is 26.4 Å². The molecule has 6 nitrogen and oxygen atoms in total. The summed E-state index contributed by atoms with van der Waals surface area (Å²) in [4.78, 5) is 36.9. The smallest absolute Gasteiger partial charge is 0.416 e. The van der Waals surface area contributed by atoms with Crippen LogP contribution in [-0.2, 0) is 25.3 Å². The lowest BCUT2D eigenvalue weighted by Gasteiger charge is -2.18. The van der Waals surface area contributed by atoms with Crippen LogP contribution in [0.3, 0.4) is 0 Å². The first-order valence-electron chi connectivity index (χ1n) is 8.49. The molecule has 1 heterocycles. The van der Waals surface area contributed by atoms with Crippen LogP contribution in [0.25, 0.3) is 0 Å². The molecule has 1 aliphatic rings. The summed E-state index contributed by atoms with van der Waals surface area (Å²) in [6.07, 6.45) is -4.71. The number of nitrogens with one attached hydrogen (secondary N) is 1. The lowest BCUT2D eigenvalue weighted by Crippen LogP contribution is -2.33. The van der Waals surface area contributed by atoms with Crippen LogP contribution in [0.4, 0.5) is 18.9 Å². The Morgan fingerprint density at radius 1 is 1.33 bits per heavy atom. The van der Waals surface area contributed by atoms with Gasteiger partial charge in [-0.15, -0.1) is 0 Å². The number of esters is 1. The lowest BCUT2D eigenvalue weighted by atomic mass is 10.1. The van der Waals surface area contributed by atoms with Crippen molar-refractivity contribution in [3.63, 3.8) is 0 Å². The van der Waals surface area contributed by atoms with Crippen molar-refractivity contribution in [2.24, 2.45) is 11.8 Å². The van der Waals surface area contributed by atoms with Gasteiger partial charge in [-0.1, -0.05) is 19.9 Å². The third kappa shape index (κ3) is 5.70. The molecular formula is C18H21F3N2O4. The number of nitrogens with zero attached hydrogens (tertiary/aromatic N) is 1.